The smallest absolute Gasteiger partial charge is 0.0833 e. The Hall–Kier alpha value is -0.0800. The molecule has 0 aromatic carbocycles. The van der Waals surface area contributed by atoms with Gasteiger partial charge in [0.25, 0.3) is 0 Å². The van der Waals surface area contributed by atoms with Gasteiger partial charge in [0.15, 0.2) is 0 Å². The largest absolute Gasteiger partial charge is 0.377 e. The summed E-state index contributed by atoms with van der Waals surface area (Å²) in [5.41, 5.74) is 0.108. The Kier molecular flexibility index (Phi) is 5.70. The zero-order chi connectivity index (χ0) is 13.7. The lowest BCUT2D eigenvalue weighted by molar-refractivity contribution is -0.0712. The van der Waals surface area contributed by atoms with E-state index in [0.717, 1.165) is 11.8 Å². The Bertz CT molecular complexity index is 250. The highest BCUT2D eigenvalue weighted by molar-refractivity contribution is 4.98. The maximum atomic E-state index is 6.13. The molecular formula is C17H33NO. The van der Waals surface area contributed by atoms with E-state index in [1.807, 2.05) is 7.11 Å². The van der Waals surface area contributed by atoms with E-state index >= 15 is 0 Å². The normalized spacial score (nSPS) is 33.6. The molecule has 0 radical (unpaired) electrons. The van der Waals surface area contributed by atoms with Gasteiger partial charge in [-0.2, -0.15) is 0 Å². The molecule has 2 aliphatic rings. The van der Waals surface area contributed by atoms with E-state index in [1.54, 1.807) is 0 Å². The summed E-state index contributed by atoms with van der Waals surface area (Å²) in [6, 6.07) is 0.558. The van der Waals surface area contributed by atoms with Crippen molar-refractivity contribution in [1.29, 1.82) is 0 Å². The van der Waals surface area contributed by atoms with Crippen molar-refractivity contribution in [3.8, 4) is 0 Å². The van der Waals surface area contributed by atoms with E-state index in [9.17, 15) is 0 Å². The van der Waals surface area contributed by atoms with E-state index in [2.05, 4.69) is 19.3 Å². The molecule has 2 heteroatoms. The van der Waals surface area contributed by atoms with E-state index in [-0.39, 0.29) is 5.60 Å². The van der Waals surface area contributed by atoms with Crippen LogP contribution in [0, 0.1) is 11.8 Å². The lowest BCUT2D eigenvalue weighted by atomic mass is 9.71. The van der Waals surface area contributed by atoms with Gasteiger partial charge in [-0.05, 0) is 44.6 Å². The van der Waals surface area contributed by atoms with Gasteiger partial charge in [0.1, 0.15) is 0 Å². The summed E-state index contributed by atoms with van der Waals surface area (Å²) in [5.74, 6) is 1.75. The van der Waals surface area contributed by atoms with Gasteiger partial charge in [0.05, 0.1) is 5.60 Å². The average Bonchev–Trinajstić information content (AvgIpc) is 2.68. The first kappa shape index (κ1) is 15.3. The second-order valence-electron chi connectivity index (χ2n) is 6.97. The predicted molar refractivity (Wildman–Crippen MR) is 81.4 cm³/mol. The van der Waals surface area contributed by atoms with Gasteiger partial charge in [0.2, 0.25) is 0 Å². The zero-order valence-corrected chi connectivity index (χ0v) is 13.2. The third kappa shape index (κ3) is 3.52. The Balaban J connectivity index is 2.08. The van der Waals surface area contributed by atoms with E-state index in [1.165, 1.54) is 64.2 Å². The fourth-order valence-corrected chi connectivity index (χ4v) is 4.52. The number of methoxy groups -OCH3 is 1. The van der Waals surface area contributed by atoms with Crippen molar-refractivity contribution in [3.05, 3.63) is 0 Å². The van der Waals surface area contributed by atoms with Gasteiger partial charge in [-0.3, -0.25) is 0 Å². The van der Waals surface area contributed by atoms with Gasteiger partial charge < -0.3 is 10.1 Å². The molecule has 1 N–H and O–H groups in total. The lowest BCUT2D eigenvalue weighted by Crippen LogP contribution is -2.55. The number of hydrogen-bond acceptors (Lipinski definition) is 2. The number of ether oxygens (including phenoxy) is 1. The highest BCUT2D eigenvalue weighted by Crippen LogP contribution is 2.40. The molecule has 0 spiro atoms. The number of hydrogen-bond donors (Lipinski definition) is 1. The summed E-state index contributed by atoms with van der Waals surface area (Å²) in [7, 11) is 4.09. The molecule has 112 valence electrons. The average molecular weight is 267 g/mol. The van der Waals surface area contributed by atoms with Gasteiger partial charge in [0, 0.05) is 13.2 Å². The van der Waals surface area contributed by atoms with Crippen LogP contribution in [-0.2, 0) is 4.74 Å². The van der Waals surface area contributed by atoms with Crippen molar-refractivity contribution in [1.82, 2.24) is 5.32 Å². The molecule has 2 nitrogen and oxygen atoms in total. The molecule has 2 aliphatic carbocycles. The second-order valence-corrected chi connectivity index (χ2v) is 6.97. The molecule has 1 unspecified atom stereocenters. The molecule has 2 rings (SSSR count). The molecule has 0 aliphatic heterocycles. The monoisotopic (exact) mass is 267 g/mol. The summed E-state index contributed by atoms with van der Waals surface area (Å²) in [5, 5.41) is 3.65. The maximum absolute atomic E-state index is 6.13. The number of nitrogens with one attached hydrogen (secondary N) is 1. The van der Waals surface area contributed by atoms with E-state index in [4.69, 9.17) is 4.74 Å². The molecule has 1 atom stereocenters. The van der Waals surface area contributed by atoms with Crippen LogP contribution in [0.15, 0.2) is 0 Å². The van der Waals surface area contributed by atoms with Crippen molar-refractivity contribution in [2.75, 3.05) is 14.2 Å². The summed E-state index contributed by atoms with van der Waals surface area (Å²) < 4.78 is 6.13. The lowest BCUT2D eigenvalue weighted by Gasteiger charge is -2.45. The highest BCUT2D eigenvalue weighted by atomic mass is 16.5. The van der Waals surface area contributed by atoms with Crippen molar-refractivity contribution in [2.45, 2.75) is 82.8 Å². The van der Waals surface area contributed by atoms with Gasteiger partial charge in [-0.1, -0.05) is 45.4 Å². The fraction of sp³-hybridized carbons (Fsp3) is 1.00. The van der Waals surface area contributed by atoms with Crippen molar-refractivity contribution >= 4 is 0 Å². The molecule has 0 bridgehead atoms. The third-order valence-corrected chi connectivity index (χ3v) is 5.77. The van der Waals surface area contributed by atoms with Crippen LogP contribution in [0.3, 0.4) is 0 Å². The molecule has 19 heavy (non-hydrogen) atoms. The van der Waals surface area contributed by atoms with Crippen molar-refractivity contribution in [3.63, 3.8) is 0 Å². The van der Waals surface area contributed by atoms with E-state index < -0.39 is 0 Å². The highest BCUT2D eigenvalue weighted by Gasteiger charge is 2.42. The molecule has 0 aromatic rings. The first-order valence-electron chi connectivity index (χ1n) is 8.44. The SMILES string of the molecule is CNC(C1CCC(C)CC1)C1(OC)CCCCCC1. The van der Waals surface area contributed by atoms with Gasteiger partial charge in [-0.15, -0.1) is 0 Å². The molecule has 2 saturated carbocycles. The van der Waals surface area contributed by atoms with Crippen molar-refractivity contribution in [2.24, 2.45) is 11.8 Å². The second kappa shape index (κ2) is 7.08. The third-order valence-electron chi connectivity index (χ3n) is 5.77. The van der Waals surface area contributed by atoms with Crippen LogP contribution in [0.2, 0.25) is 0 Å². The van der Waals surface area contributed by atoms with Crippen LogP contribution < -0.4 is 5.32 Å². The molecule has 2 fully saturated rings. The summed E-state index contributed by atoms with van der Waals surface area (Å²) in [6.07, 6.45) is 13.6. The minimum Gasteiger partial charge on any atom is -0.377 e. The van der Waals surface area contributed by atoms with Crippen molar-refractivity contribution < 1.29 is 4.74 Å². The van der Waals surface area contributed by atoms with Gasteiger partial charge in [-0.25, -0.2) is 0 Å². The Labute approximate surface area is 119 Å². The molecule has 0 saturated heterocycles. The Morgan fingerprint density at radius 2 is 1.58 bits per heavy atom. The topological polar surface area (TPSA) is 21.3 Å². The summed E-state index contributed by atoms with van der Waals surface area (Å²) >= 11 is 0. The quantitative estimate of drug-likeness (QED) is 0.773. The molecule has 0 aromatic heterocycles. The van der Waals surface area contributed by atoms with Crippen LogP contribution >= 0.6 is 0 Å². The number of likely N-dealkylation sites (N-methyl/N-ethyl adjacent to an activating group) is 1. The van der Waals surface area contributed by atoms with Crippen LogP contribution in [0.5, 0.6) is 0 Å². The summed E-state index contributed by atoms with van der Waals surface area (Å²) in [4.78, 5) is 0. The number of rotatable bonds is 4. The standard InChI is InChI=1S/C17H33NO/c1-14-8-10-15(11-9-14)16(18-2)17(19-3)12-6-4-5-7-13-17/h14-16,18H,4-13H2,1-3H3. The zero-order valence-electron chi connectivity index (χ0n) is 13.2. The van der Waals surface area contributed by atoms with Crippen LogP contribution in [-0.4, -0.2) is 25.8 Å². The first-order chi connectivity index (χ1) is 9.22. The Morgan fingerprint density at radius 3 is 2.05 bits per heavy atom. The predicted octanol–water partition coefficient (Wildman–Crippen LogP) is 4.14. The van der Waals surface area contributed by atoms with Gasteiger partial charge >= 0.3 is 0 Å². The minimum absolute atomic E-state index is 0.108. The van der Waals surface area contributed by atoms with Crippen LogP contribution in [0.1, 0.15) is 71.1 Å². The fourth-order valence-electron chi connectivity index (χ4n) is 4.52. The van der Waals surface area contributed by atoms with E-state index in [0.29, 0.717) is 6.04 Å². The summed E-state index contributed by atoms with van der Waals surface area (Å²) in [6.45, 7) is 2.41. The molecule has 0 heterocycles. The molecule has 0 amide bonds. The first-order valence-corrected chi connectivity index (χ1v) is 8.44. The minimum atomic E-state index is 0.108. The molecular weight excluding hydrogens is 234 g/mol. The van der Waals surface area contributed by atoms with Crippen LogP contribution in [0.4, 0.5) is 0 Å². The maximum Gasteiger partial charge on any atom is 0.0833 e. The van der Waals surface area contributed by atoms with Crippen LogP contribution in [0.25, 0.3) is 0 Å². The Morgan fingerprint density at radius 1 is 1.00 bits per heavy atom.